The number of benzene rings is 2. The van der Waals surface area contributed by atoms with E-state index in [2.05, 4.69) is 0 Å². The minimum Gasteiger partial charge on any atom is -0.452 e. The van der Waals surface area contributed by atoms with Crippen molar-refractivity contribution in [3.05, 3.63) is 58.7 Å². The zero-order valence-corrected chi connectivity index (χ0v) is 20.9. The van der Waals surface area contributed by atoms with Crippen LogP contribution in [0.25, 0.3) is 0 Å². The van der Waals surface area contributed by atoms with Crippen molar-refractivity contribution in [1.29, 1.82) is 5.26 Å². The van der Waals surface area contributed by atoms with Gasteiger partial charge in [-0.1, -0.05) is 12.1 Å². The molecule has 0 aromatic heterocycles. The Morgan fingerprint density at radius 2 is 1.74 bits per heavy atom. The Kier molecular flexibility index (Phi) is 8.62. The first-order chi connectivity index (χ1) is 16.6. The Morgan fingerprint density at radius 1 is 1.09 bits per heavy atom. The van der Waals surface area contributed by atoms with Gasteiger partial charge >= 0.3 is 5.97 Å². The third kappa shape index (κ3) is 6.45. The van der Waals surface area contributed by atoms with E-state index >= 15 is 0 Å². The zero-order chi connectivity index (χ0) is 25.6. The zero-order valence-electron chi connectivity index (χ0n) is 20.1. The molecule has 1 saturated heterocycles. The molecule has 1 aliphatic rings. The van der Waals surface area contributed by atoms with Gasteiger partial charge < -0.3 is 14.4 Å². The molecule has 1 aliphatic heterocycles. The van der Waals surface area contributed by atoms with E-state index in [9.17, 15) is 18.0 Å². The standard InChI is InChI=1S/C25H29N3O6S/c1-18-13-19(2)15-21(14-18)28(8-4-7-26)24(29)17-34-25(30)23-16-22(6-5-20(23)3)35(31,32)27-9-11-33-12-10-27/h5-6,13-16H,4,8-12,17H2,1-3H3. The van der Waals surface area contributed by atoms with E-state index in [1.165, 1.54) is 21.3 Å². The highest BCUT2D eigenvalue weighted by molar-refractivity contribution is 7.89. The maximum absolute atomic E-state index is 13.0. The first-order valence-electron chi connectivity index (χ1n) is 11.2. The number of hydrogen-bond acceptors (Lipinski definition) is 7. The van der Waals surface area contributed by atoms with Gasteiger partial charge in [0, 0.05) is 25.3 Å². The fraction of sp³-hybridized carbons (Fsp3) is 0.400. The molecule has 1 amide bonds. The van der Waals surface area contributed by atoms with Crippen LogP contribution in [0.1, 0.15) is 33.5 Å². The minimum absolute atomic E-state index is 0.0193. The van der Waals surface area contributed by atoms with Crippen molar-refractivity contribution in [1.82, 2.24) is 4.31 Å². The molecule has 0 bridgehead atoms. The number of carbonyl (C=O) groups excluding carboxylic acids is 2. The first kappa shape index (κ1) is 26.3. The summed E-state index contributed by atoms with van der Waals surface area (Å²) < 4.78 is 37.8. The second-order valence-electron chi connectivity index (χ2n) is 8.37. The molecule has 0 radical (unpaired) electrons. The maximum Gasteiger partial charge on any atom is 0.338 e. The van der Waals surface area contributed by atoms with E-state index in [-0.39, 0.29) is 36.5 Å². The van der Waals surface area contributed by atoms with Gasteiger partial charge in [-0.3, -0.25) is 4.79 Å². The van der Waals surface area contributed by atoms with Crippen molar-refractivity contribution in [3.8, 4) is 6.07 Å². The number of nitriles is 1. The minimum atomic E-state index is -3.79. The summed E-state index contributed by atoms with van der Waals surface area (Å²) in [6, 6.07) is 11.9. The van der Waals surface area contributed by atoms with Crippen molar-refractivity contribution >= 4 is 27.6 Å². The number of ether oxygens (including phenoxy) is 2. The largest absolute Gasteiger partial charge is 0.452 e. The van der Waals surface area contributed by atoms with Crippen LogP contribution < -0.4 is 4.90 Å². The van der Waals surface area contributed by atoms with Crippen LogP contribution in [0.3, 0.4) is 0 Å². The van der Waals surface area contributed by atoms with Gasteiger partial charge in [0.1, 0.15) is 0 Å². The van der Waals surface area contributed by atoms with Gasteiger partial charge in [0.25, 0.3) is 5.91 Å². The lowest BCUT2D eigenvalue weighted by Gasteiger charge is -2.26. The molecule has 0 spiro atoms. The fourth-order valence-corrected chi connectivity index (χ4v) is 5.30. The lowest BCUT2D eigenvalue weighted by molar-refractivity contribution is -0.121. The summed E-state index contributed by atoms with van der Waals surface area (Å²) in [7, 11) is -3.79. The number of rotatable bonds is 8. The van der Waals surface area contributed by atoms with Crippen LogP contribution in [0.5, 0.6) is 0 Å². The summed E-state index contributed by atoms with van der Waals surface area (Å²) in [6.07, 6.45) is 0.118. The van der Waals surface area contributed by atoms with Crippen LogP contribution in [0.15, 0.2) is 41.3 Å². The van der Waals surface area contributed by atoms with E-state index < -0.39 is 28.5 Å². The topological polar surface area (TPSA) is 117 Å². The number of amides is 1. The Labute approximate surface area is 205 Å². The predicted octanol–water partition coefficient (Wildman–Crippen LogP) is 2.74. The number of nitrogens with zero attached hydrogens (tertiary/aromatic N) is 3. The third-order valence-corrected chi connectivity index (χ3v) is 7.52. The molecule has 3 rings (SSSR count). The second kappa shape index (κ2) is 11.4. The summed E-state index contributed by atoms with van der Waals surface area (Å²) in [5.74, 6) is -1.27. The Balaban J connectivity index is 1.77. The summed E-state index contributed by atoms with van der Waals surface area (Å²) in [5.41, 5.74) is 3.14. The number of hydrogen-bond donors (Lipinski definition) is 0. The molecule has 9 nitrogen and oxygen atoms in total. The molecule has 0 aliphatic carbocycles. The number of morpholine rings is 1. The molecule has 1 heterocycles. The monoisotopic (exact) mass is 499 g/mol. The molecular weight excluding hydrogens is 470 g/mol. The van der Waals surface area contributed by atoms with E-state index in [0.717, 1.165) is 11.1 Å². The Hall–Kier alpha value is -3.26. The van der Waals surface area contributed by atoms with Crippen molar-refractivity contribution in [2.24, 2.45) is 0 Å². The highest BCUT2D eigenvalue weighted by Crippen LogP contribution is 2.22. The number of carbonyl (C=O) groups is 2. The fourth-order valence-electron chi connectivity index (χ4n) is 3.87. The number of anilines is 1. The molecule has 0 atom stereocenters. The van der Waals surface area contributed by atoms with Crippen molar-refractivity contribution < 1.29 is 27.5 Å². The highest BCUT2D eigenvalue weighted by Gasteiger charge is 2.28. The lowest BCUT2D eigenvalue weighted by atomic mass is 10.1. The average Bonchev–Trinajstić information content (AvgIpc) is 2.83. The predicted molar refractivity (Wildman–Crippen MR) is 130 cm³/mol. The van der Waals surface area contributed by atoms with E-state index in [0.29, 0.717) is 24.5 Å². The van der Waals surface area contributed by atoms with Gasteiger partial charge in [0.2, 0.25) is 10.0 Å². The second-order valence-corrected chi connectivity index (χ2v) is 10.3. The first-order valence-corrected chi connectivity index (χ1v) is 12.7. The van der Waals surface area contributed by atoms with Crippen LogP contribution in [0.2, 0.25) is 0 Å². The molecule has 35 heavy (non-hydrogen) atoms. The molecule has 10 heteroatoms. The third-order valence-electron chi connectivity index (χ3n) is 5.63. The van der Waals surface area contributed by atoms with Gasteiger partial charge in [-0.2, -0.15) is 9.57 Å². The SMILES string of the molecule is Cc1cc(C)cc(N(CCC#N)C(=O)COC(=O)c2cc(S(=O)(=O)N3CCOCC3)ccc2C)c1. The van der Waals surface area contributed by atoms with Crippen molar-refractivity contribution in [2.45, 2.75) is 32.1 Å². The maximum atomic E-state index is 13.0. The van der Waals surface area contributed by atoms with Gasteiger partial charge in [0.15, 0.2) is 6.61 Å². The van der Waals surface area contributed by atoms with E-state index in [4.69, 9.17) is 14.7 Å². The van der Waals surface area contributed by atoms with Gasteiger partial charge in [-0.25, -0.2) is 13.2 Å². The quantitative estimate of drug-likeness (QED) is 0.513. The lowest BCUT2D eigenvalue weighted by Crippen LogP contribution is -2.40. The average molecular weight is 500 g/mol. The Bertz CT molecular complexity index is 1230. The summed E-state index contributed by atoms with van der Waals surface area (Å²) in [5, 5.41) is 9.00. The van der Waals surface area contributed by atoms with Crippen LogP contribution >= 0.6 is 0 Å². The molecular formula is C25H29N3O6S. The van der Waals surface area contributed by atoms with E-state index in [1.54, 1.807) is 13.0 Å². The molecule has 1 fully saturated rings. The highest BCUT2D eigenvalue weighted by atomic mass is 32.2. The van der Waals surface area contributed by atoms with Gasteiger partial charge in [-0.05, 0) is 61.7 Å². The van der Waals surface area contributed by atoms with Crippen molar-refractivity contribution in [2.75, 3.05) is 44.4 Å². The number of aryl methyl sites for hydroxylation is 3. The van der Waals surface area contributed by atoms with Crippen LogP contribution in [0.4, 0.5) is 5.69 Å². The molecule has 0 N–H and O–H groups in total. The van der Waals surface area contributed by atoms with Crippen LogP contribution in [-0.4, -0.2) is 64.1 Å². The molecule has 0 saturated carbocycles. The smallest absolute Gasteiger partial charge is 0.338 e. The van der Waals surface area contributed by atoms with Crippen LogP contribution in [0, 0.1) is 32.1 Å². The molecule has 0 unspecified atom stereocenters. The Morgan fingerprint density at radius 3 is 2.37 bits per heavy atom. The summed E-state index contributed by atoms with van der Waals surface area (Å²) >= 11 is 0. The number of sulfonamides is 1. The molecule has 2 aromatic carbocycles. The van der Waals surface area contributed by atoms with Gasteiger partial charge in [0.05, 0.1) is 36.2 Å². The van der Waals surface area contributed by atoms with E-state index in [1.807, 2.05) is 38.1 Å². The summed E-state index contributed by atoms with van der Waals surface area (Å²) in [4.78, 5) is 27.2. The van der Waals surface area contributed by atoms with Gasteiger partial charge in [-0.15, -0.1) is 0 Å². The molecule has 186 valence electrons. The van der Waals surface area contributed by atoms with Crippen LogP contribution in [-0.2, 0) is 24.3 Å². The number of esters is 1. The normalized spacial score (nSPS) is 14.2. The molecule has 2 aromatic rings. The van der Waals surface area contributed by atoms with Crippen molar-refractivity contribution in [3.63, 3.8) is 0 Å². The summed E-state index contributed by atoms with van der Waals surface area (Å²) in [6.45, 7) is 6.19.